The van der Waals surface area contributed by atoms with Crippen LogP contribution in [0.25, 0.3) is 21.5 Å². The molecule has 6 nitrogen and oxygen atoms in total. The van der Waals surface area contributed by atoms with E-state index in [9.17, 15) is 17.8 Å². The van der Waals surface area contributed by atoms with Gasteiger partial charge in [-0.2, -0.15) is 8.42 Å². The Morgan fingerprint density at radius 1 is 1.12 bits per heavy atom. The smallest absolute Gasteiger partial charge is 0.331 e. The number of benzene rings is 3. The van der Waals surface area contributed by atoms with Gasteiger partial charge in [0, 0.05) is 5.39 Å². The molecule has 3 aromatic carbocycles. The van der Waals surface area contributed by atoms with E-state index in [0.29, 0.717) is 33.7 Å². The van der Waals surface area contributed by atoms with Crippen molar-refractivity contribution in [3.63, 3.8) is 0 Å². The van der Waals surface area contributed by atoms with Crippen molar-refractivity contribution in [1.82, 2.24) is 0 Å². The number of carbonyl (C=O) groups is 1. The Kier molecular flexibility index (Phi) is 4.47. The van der Waals surface area contributed by atoms with Crippen molar-refractivity contribution in [2.24, 2.45) is 5.73 Å². The lowest BCUT2D eigenvalue weighted by Crippen LogP contribution is -2.46. The maximum absolute atomic E-state index is 12.4. The number of esters is 1. The summed E-state index contributed by atoms with van der Waals surface area (Å²) < 4.78 is 37.7. The third-order valence-electron chi connectivity index (χ3n) is 4.50. The summed E-state index contributed by atoms with van der Waals surface area (Å²) in [6.07, 6.45) is 0.426. The Labute approximate surface area is 151 Å². The number of ether oxygens (including phenoxy) is 1. The van der Waals surface area contributed by atoms with Gasteiger partial charge in [-0.3, -0.25) is 4.55 Å². The van der Waals surface area contributed by atoms with Gasteiger partial charge in [-0.1, -0.05) is 37.3 Å². The summed E-state index contributed by atoms with van der Waals surface area (Å²) in [5.41, 5.74) is 4.86. The molecule has 0 spiro atoms. The molecule has 1 atom stereocenters. The van der Waals surface area contributed by atoms with Crippen molar-refractivity contribution in [2.75, 3.05) is 0 Å². The Bertz CT molecular complexity index is 1120. The highest BCUT2D eigenvalue weighted by atomic mass is 32.2. The molecule has 0 aliphatic heterocycles. The minimum atomic E-state index is -4.32. The molecule has 3 N–H and O–H groups in total. The Hall–Kier alpha value is -2.48. The zero-order chi connectivity index (χ0) is 19.1. The lowest BCUT2D eigenvalue weighted by atomic mass is 9.99. The molecule has 0 aliphatic rings. The molecule has 1 unspecified atom stereocenters. The van der Waals surface area contributed by atoms with E-state index in [1.54, 1.807) is 50.2 Å². The molecule has 0 amide bonds. The zero-order valence-corrected chi connectivity index (χ0v) is 15.2. The third-order valence-corrected chi connectivity index (χ3v) is 5.34. The molecule has 3 rings (SSSR count). The van der Waals surface area contributed by atoms with Crippen molar-refractivity contribution in [1.29, 1.82) is 0 Å². The van der Waals surface area contributed by atoms with Gasteiger partial charge < -0.3 is 10.5 Å². The average Bonchev–Trinajstić information content (AvgIpc) is 2.60. The first-order valence-corrected chi connectivity index (χ1v) is 9.51. The van der Waals surface area contributed by atoms with E-state index in [1.165, 1.54) is 12.1 Å². The number of fused-ring (bicyclic) bond motifs is 3. The van der Waals surface area contributed by atoms with Gasteiger partial charge >= 0.3 is 5.97 Å². The number of carbonyl (C=O) groups excluding carboxylic acids is 1. The summed E-state index contributed by atoms with van der Waals surface area (Å²) in [7, 11) is -4.32. The fraction of sp³-hybridized carbons (Fsp3) is 0.211. The molecule has 0 heterocycles. The van der Waals surface area contributed by atoms with Gasteiger partial charge in [0.05, 0.1) is 4.90 Å². The number of hydrogen-bond acceptors (Lipinski definition) is 5. The maximum Gasteiger partial charge on any atom is 0.331 e. The van der Waals surface area contributed by atoms with E-state index in [-0.39, 0.29) is 4.90 Å². The monoisotopic (exact) mass is 373 g/mol. The summed E-state index contributed by atoms with van der Waals surface area (Å²) in [6, 6.07) is 13.1. The van der Waals surface area contributed by atoms with Gasteiger partial charge in [0.15, 0.2) is 0 Å². The minimum Gasteiger partial charge on any atom is -0.424 e. The highest BCUT2D eigenvalue weighted by Gasteiger charge is 2.29. The normalized spacial score (nSPS) is 14.3. The molecule has 0 aromatic heterocycles. The summed E-state index contributed by atoms with van der Waals surface area (Å²) in [5, 5.41) is 2.65. The molecule has 0 fully saturated rings. The van der Waals surface area contributed by atoms with Crippen LogP contribution >= 0.6 is 0 Å². The van der Waals surface area contributed by atoms with Crippen LogP contribution in [0.5, 0.6) is 5.75 Å². The third kappa shape index (κ3) is 3.29. The van der Waals surface area contributed by atoms with Gasteiger partial charge in [-0.15, -0.1) is 0 Å². The number of hydrogen-bond donors (Lipinski definition) is 2. The molecule has 0 bridgehead atoms. The van der Waals surface area contributed by atoms with Crippen molar-refractivity contribution < 1.29 is 22.5 Å². The van der Waals surface area contributed by atoms with Crippen LogP contribution in [0.15, 0.2) is 53.4 Å². The van der Waals surface area contributed by atoms with Gasteiger partial charge in [0.1, 0.15) is 11.3 Å². The predicted molar refractivity (Wildman–Crippen MR) is 99.8 cm³/mol. The van der Waals surface area contributed by atoms with E-state index in [1.807, 2.05) is 0 Å². The molecule has 0 saturated heterocycles. The van der Waals surface area contributed by atoms with Crippen molar-refractivity contribution in [3.05, 3.63) is 48.5 Å². The van der Waals surface area contributed by atoms with E-state index >= 15 is 0 Å². The summed E-state index contributed by atoms with van der Waals surface area (Å²) >= 11 is 0. The first-order chi connectivity index (χ1) is 12.1. The van der Waals surface area contributed by atoms with Crippen LogP contribution < -0.4 is 10.5 Å². The molecule has 0 saturated carbocycles. The second kappa shape index (κ2) is 6.35. The molecule has 0 aliphatic carbocycles. The second-order valence-electron chi connectivity index (χ2n) is 6.44. The molecule has 136 valence electrons. The first-order valence-electron chi connectivity index (χ1n) is 8.07. The lowest BCUT2D eigenvalue weighted by molar-refractivity contribution is -0.139. The van der Waals surface area contributed by atoms with Crippen LogP contribution in [0.1, 0.15) is 20.3 Å². The fourth-order valence-corrected chi connectivity index (χ4v) is 3.16. The maximum atomic E-state index is 12.4. The van der Waals surface area contributed by atoms with Gasteiger partial charge in [-0.05, 0) is 47.7 Å². The van der Waals surface area contributed by atoms with Crippen molar-refractivity contribution >= 4 is 37.6 Å². The second-order valence-corrected chi connectivity index (χ2v) is 7.86. The molecular formula is C19H19NO5S. The highest BCUT2D eigenvalue weighted by Crippen LogP contribution is 2.35. The van der Waals surface area contributed by atoms with Crippen LogP contribution in [-0.4, -0.2) is 24.5 Å². The topological polar surface area (TPSA) is 107 Å². The summed E-state index contributed by atoms with van der Waals surface area (Å²) in [5.74, 6) is -0.193. The quantitative estimate of drug-likeness (QED) is 0.315. The molecule has 3 aromatic rings. The first kappa shape index (κ1) is 18.3. The van der Waals surface area contributed by atoms with Crippen molar-refractivity contribution in [2.45, 2.75) is 30.7 Å². The van der Waals surface area contributed by atoms with E-state index in [4.69, 9.17) is 10.5 Å². The Balaban J connectivity index is 2.24. The number of nitrogens with two attached hydrogens (primary N) is 1. The minimum absolute atomic E-state index is 0.194. The lowest BCUT2D eigenvalue weighted by Gasteiger charge is -2.21. The van der Waals surface area contributed by atoms with Crippen LogP contribution in [-0.2, 0) is 14.9 Å². The van der Waals surface area contributed by atoms with E-state index < -0.39 is 21.6 Å². The van der Waals surface area contributed by atoms with Crippen molar-refractivity contribution in [3.8, 4) is 5.75 Å². The largest absolute Gasteiger partial charge is 0.424 e. The van der Waals surface area contributed by atoms with Gasteiger partial charge in [0.25, 0.3) is 10.1 Å². The van der Waals surface area contributed by atoms with Crippen LogP contribution in [0, 0.1) is 0 Å². The van der Waals surface area contributed by atoms with E-state index in [0.717, 1.165) is 0 Å². The molecule has 7 heteroatoms. The average molecular weight is 373 g/mol. The zero-order valence-electron chi connectivity index (χ0n) is 14.4. The Morgan fingerprint density at radius 2 is 1.77 bits per heavy atom. The molecular weight excluding hydrogens is 354 g/mol. The number of rotatable bonds is 4. The van der Waals surface area contributed by atoms with Crippen LogP contribution in [0.2, 0.25) is 0 Å². The standard InChI is InChI=1S/C19H19NO5S/c1-3-19(2,20)18(21)25-17-10-12-8-9-13(26(22,23)24)11-16(12)14-6-4-5-7-15(14)17/h4-11H,3,20H2,1-2H3,(H,22,23,24). The Morgan fingerprint density at radius 3 is 2.38 bits per heavy atom. The van der Waals surface area contributed by atoms with Crippen LogP contribution in [0.3, 0.4) is 0 Å². The van der Waals surface area contributed by atoms with Crippen LogP contribution in [0.4, 0.5) is 0 Å². The van der Waals surface area contributed by atoms with Gasteiger partial charge in [-0.25, -0.2) is 4.79 Å². The summed E-state index contributed by atoms with van der Waals surface area (Å²) in [4.78, 5) is 12.2. The SMILES string of the molecule is CCC(C)(N)C(=O)Oc1cc2ccc(S(=O)(=O)O)cc2c2ccccc12. The highest BCUT2D eigenvalue weighted by molar-refractivity contribution is 7.85. The molecule has 26 heavy (non-hydrogen) atoms. The van der Waals surface area contributed by atoms with E-state index in [2.05, 4.69) is 0 Å². The predicted octanol–water partition coefficient (Wildman–Crippen LogP) is 3.27. The summed E-state index contributed by atoms with van der Waals surface area (Å²) in [6.45, 7) is 3.41. The van der Waals surface area contributed by atoms with Gasteiger partial charge in [0.2, 0.25) is 0 Å². The molecule has 0 radical (unpaired) electrons. The fourth-order valence-electron chi connectivity index (χ4n) is 2.65.